The molecule has 19 heteroatoms. The Labute approximate surface area is 379 Å². The molecule has 0 saturated carbocycles. The molecule has 3 aliphatic heterocycles. The third-order valence-electron chi connectivity index (χ3n) is 11.9. The smallest absolute Gasteiger partial charge is 0.355 e. The molecule has 0 radical (unpaired) electrons. The van der Waals surface area contributed by atoms with E-state index < -0.39 is 61.3 Å². The maximum Gasteiger partial charge on any atom is 0.355 e. The van der Waals surface area contributed by atoms with Gasteiger partial charge < -0.3 is 38.5 Å². The molecule has 4 heterocycles. The normalized spacial score (nSPS) is 20.9. The van der Waals surface area contributed by atoms with Crippen molar-refractivity contribution in [3.63, 3.8) is 0 Å². The Hall–Kier alpha value is -5.87. The summed E-state index contributed by atoms with van der Waals surface area (Å²) in [5.74, 6) is -4.80. The average molecular weight is 931 g/mol. The summed E-state index contributed by atoms with van der Waals surface area (Å²) in [6.45, 7) is 4.86. The largest absolute Gasteiger partial charge is 0.465 e. The van der Waals surface area contributed by atoms with Gasteiger partial charge in [0.05, 0.1) is 31.8 Å². The van der Waals surface area contributed by atoms with Gasteiger partial charge in [-0.05, 0) is 97.5 Å². The van der Waals surface area contributed by atoms with Crippen LogP contribution in [-0.4, -0.2) is 120 Å². The third-order valence-corrected chi connectivity index (χ3v) is 14.2. The number of nitrogens with one attached hydrogen (secondary N) is 2. The highest BCUT2D eigenvalue weighted by Crippen LogP contribution is 2.58. The van der Waals surface area contributed by atoms with Crippen molar-refractivity contribution in [1.82, 2.24) is 30.3 Å². The van der Waals surface area contributed by atoms with Gasteiger partial charge in [0, 0.05) is 36.3 Å². The molecule has 2 N–H and O–H groups in total. The molecule has 6 atom stereocenters. The van der Waals surface area contributed by atoms with Gasteiger partial charge in [0.1, 0.15) is 23.9 Å². The maximum atomic E-state index is 16.8. The van der Waals surface area contributed by atoms with Gasteiger partial charge in [-0.1, -0.05) is 60.1 Å². The molecule has 3 fully saturated rings. The van der Waals surface area contributed by atoms with E-state index in [-0.39, 0.29) is 48.2 Å². The number of hydrogen-bond donors (Lipinski definition) is 2. The highest BCUT2D eigenvalue weighted by atomic mass is 35.5. The zero-order valence-corrected chi connectivity index (χ0v) is 37.5. The number of benzene rings is 4. The zero-order chi connectivity index (χ0) is 45.8. The van der Waals surface area contributed by atoms with E-state index in [9.17, 15) is 28.5 Å². The number of halogens is 2. The van der Waals surface area contributed by atoms with Gasteiger partial charge in [0.2, 0.25) is 17.7 Å². The number of hydrogen-bond acceptors (Lipinski definition) is 11. The molecule has 3 saturated heterocycles. The second kappa shape index (κ2) is 19.7. The fourth-order valence-corrected chi connectivity index (χ4v) is 10.6. The minimum Gasteiger partial charge on any atom is -0.465 e. The molecule has 5 aromatic rings. The number of alkyl halides is 1. The monoisotopic (exact) mass is 930 g/mol. The number of amides is 4. The van der Waals surface area contributed by atoms with Crippen LogP contribution >= 0.6 is 19.1 Å². The maximum absolute atomic E-state index is 16.8. The van der Waals surface area contributed by atoms with Crippen LogP contribution < -0.4 is 14.9 Å². The number of esters is 1. The summed E-state index contributed by atoms with van der Waals surface area (Å²) in [5, 5.41) is 11.2. The molecule has 4 amide bonds. The summed E-state index contributed by atoms with van der Waals surface area (Å²) in [7, 11) is -4.54. The Kier molecular flexibility index (Phi) is 13.8. The fourth-order valence-electron chi connectivity index (χ4n) is 8.54. The summed E-state index contributed by atoms with van der Waals surface area (Å²) in [5.41, 5.74) is 0.390. The van der Waals surface area contributed by atoms with Crippen molar-refractivity contribution in [1.29, 1.82) is 0 Å². The van der Waals surface area contributed by atoms with Crippen LogP contribution in [0.1, 0.15) is 71.9 Å². The van der Waals surface area contributed by atoms with Gasteiger partial charge in [-0.2, -0.15) is 0 Å². The van der Waals surface area contributed by atoms with Gasteiger partial charge in [0.15, 0.2) is 11.3 Å². The van der Waals surface area contributed by atoms with Gasteiger partial charge in [-0.15, -0.1) is 0 Å². The van der Waals surface area contributed by atoms with E-state index in [0.717, 1.165) is 0 Å². The van der Waals surface area contributed by atoms with Crippen molar-refractivity contribution in [2.45, 2.75) is 69.6 Å². The molecule has 0 bridgehead atoms. The molecule has 16 nitrogen and oxygen atoms in total. The van der Waals surface area contributed by atoms with Gasteiger partial charge >= 0.3 is 13.5 Å². The number of carbonyl (C=O) groups excluding carboxylic acids is 5. The lowest BCUT2D eigenvalue weighted by atomic mass is 10.0. The molecular formula is C46H49ClFN6O10P. The van der Waals surface area contributed by atoms with Crippen LogP contribution in [0.5, 0.6) is 5.75 Å². The van der Waals surface area contributed by atoms with E-state index in [1.807, 2.05) is 6.92 Å². The molecule has 8 rings (SSSR count). The lowest BCUT2D eigenvalue weighted by Crippen LogP contribution is -2.61. The molecule has 4 aromatic carbocycles. The number of ether oxygens (including phenoxy) is 2. The van der Waals surface area contributed by atoms with Crippen LogP contribution in [0.4, 0.5) is 4.39 Å². The predicted molar refractivity (Wildman–Crippen MR) is 238 cm³/mol. The first-order chi connectivity index (χ1) is 31.3. The molecule has 1 aromatic heterocycles. The number of morpholine rings is 1. The quantitative estimate of drug-likeness (QED) is 0.0944. The molecule has 3 aliphatic rings. The first-order valence-electron chi connectivity index (χ1n) is 21.6. The van der Waals surface area contributed by atoms with Gasteiger partial charge in [0.25, 0.3) is 11.8 Å². The van der Waals surface area contributed by atoms with Crippen LogP contribution in [0.2, 0.25) is 5.02 Å². The highest BCUT2D eigenvalue weighted by molar-refractivity contribution is 7.57. The van der Waals surface area contributed by atoms with E-state index in [1.165, 1.54) is 42.2 Å². The Morgan fingerprint density at radius 2 is 1.71 bits per heavy atom. The predicted octanol–water partition coefficient (Wildman–Crippen LogP) is 6.67. The number of nitrogens with zero attached hydrogens (tertiary/aromatic N) is 4. The number of carbonyl (C=O) groups is 5. The fraction of sp³-hybridized carbons (Fsp3) is 0.391. The Morgan fingerprint density at radius 1 is 0.938 bits per heavy atom. The summed E-state index contributed by atoms with van der Waals surface area (Å²) in [6.07, 6.45) is 1.87. The first-order valence-corrected chi connectivity index (χ1v) is 23.7. The van der Waals surface area contributed by atoms with Crippen molar-refractivity contribution in [2.24, 2.45) is 0 Å². The number of rotatable bonds is 13. The van der Waals surface area contributed by atoms with E-state index in [4.69, 9.17) is 30.1 Å². The van der Waals surface area contributed by atoms with Crippen LogP contribution in [0, 0.1) is 0 Å². The van der Waals surface area contributed by atoms with E-state index in [2.05, 4.69) is 15.6 Å². The number of para-hydroxylation sites is 1. The molecule has 65 heavy (non-hydrogen) atoms. The number of fused-ring (bicyclic) bond motifs is 3. The van der Waals surface area contributed by atoms with Gasteiger partial charge in [-0.3, -0.25) is 28.5 Å². The van der Waals surface area contributed by atoms with Crippen molar-refractivity contribution >= 4 is 70.5 Å². The molecule has 0 spiro atoms. The van der Waals surface area contributed by atoms with Crippen molar-refractivity contribution in [2.75, 3.05) is 46.0 Å². The van der Waals surface area contributed by atoms with Crippen LogP contribution in [-0.2, 0) is 28.4 Å². The molecular weight excluding hydrogens is 882 g/mol. The SMILES string of the molecule is CCCOC(=O)[C@H](C)NP(=O)(Oc1ccccc1)C(F)c1ccc2ccc(C(=O)N[C@H]3CN(C(=O)c4noc5ccc(Cl)cc45)CC[C@H]4CC[C@@H](C(=O)N5CCOCC5)N4C3=O)cc2c1. The van der Waals surface area contributed by atoms with Gasteiger partial charge in [-0.25, -0.2) is 9.48 Å². The molecule has 342 valence electrons. The van der Waals surface area contributed by atoms with E-state index in [1.54, 1.807) is 64.4 Å². The zero-order valence-electron chi connectivity index (χ0n) is 35.8. The van der Waals surface area contributed by atoms with Crippen LogP contribution in [0.15, 0.2) is 89.5 Å². The summed E-state index contributed by atoms with van der Waals surface area (Å²) in [4.78, 5) is 74.7. The minimum atomic E-state index is -4.54. The van der Waals surface area contributed by atoms with E-state index >= 15 is 4.39 Å². The topological polar surface area (TPSA) is 190 Å². The van der Waals surface area contributed by atoms with E-state index in [0.29, 0.717) is 78.8 Å². The Bertz CT molecular complexity index is 2650. The lowest BCUT2D eigenvalue weighted by Gasteiger charge is -2.40. The van der Waals surface area contributed by atoms with Crippen molar-refractivity contribution < 1.29 is 51.4 Å². The third kappa shape index (κ3) is 9.88. The standard InChI is InChI=1S/C46H49ClFN6O10P/c1-3-21-62-46(59)28(2)51-65(60,64-35-7-5-4-6-8-35)41(48)30-11-9-29-10-12-31(25-32(29)24-30)42(55)49-37-27-53(45(58)40-36-26-33(47)13-16-39(36)63-50-40)18-17-34-14-15-38(54(34)43(37)56)44(57)52-19-22-61-23-20-52/h4-13,16,24-26,28,34,37-38,41H,3,14-15,17-23,27H2,1-2H3,(H,49,55)(H,51,60)/t28-,34+,37-,38-,41?,65?/m0/s1. The Morgan fingerprint density at radius 3 is 2.48 bits per heavy atom. The summed E-state index contributed by atoms with van der Waals surface area (Å²) in [6, 6.07) is 18.3. The van der Waals surface area contributed by atoms with Crippen LogP contribution in [0.3, 0.4) is 0 Å². The van der Waals surface area contributed by atoms with Crippen molar-refractivity contribution in [3.05, 3.63) is 107 Å². The second-order valence-electron chi connectivity index (χ2n) is 16.3. The summed E-state index contributed by atoms with van der Waals surface area (Å²) >= 11 is 6.27. The van der Waals surface area contributed by atoms with Crippen molar-refractivity contribution in [3.8, 4) is 5.75 Å². The molecule has 0 aliphatic carbocycles. The molecule has 2 unspecified atom stereocenters. The van der Waals surface area contributed by atoms with Crippen LogP contribution in [0.25, 0.3) is 21.7 Å². The highest BCUT2D eigenvalue weighted by Gasteiger charge is 2.47. The summed E-state index contributed by atoms with van der Waals surface area (Å²) < 4.78 is 53.1. The Balaban J connectivity index is 1.08. The lowest BCUT2D eigenvalue weighted by molar-refractivity contribution is -0.149. The number of aromatic nitrogens is 1. The minimum absolute atomic E-state index is 0.000508. The average Bonchev–Trinajstić information content (AvgIpc) is 3.94. The first kappa shape index (κ1) is 45.7. The second-order valence-corrected chi connectivity index (χ2v) is 18.9.